The average molecular weight is 666 g/mol. The number of ketones is 2. The van der Waals surface area contributed by atoms with E-state index in [0.29, 0.717) is 12.0 Å². The zero-order valence-electron chi connectivity index (χ0n) is 23.1. The third kappa shape index (κ3) is 5.98. The molecule has 15 heteroatoms. The van der Waals surface area contributed by atoms with Crippen LogP contribution in [0.3, 0.4) is 0 Å². The summed E-state index contributed by atoms with van der Waals surface area (Å²) < 4.78 is 46.1. The Kier molecular flexibility index (Phi) is 9.20. The number of carbonyl (C=O) groups excluding carboxylic acids is 2. The highest BCUT2D eigenvalue weighted by atomic mass is 79.9. The van der Waals surface area contributed by atoms with E-state index in [-0.39, 0.29) is 46.9 Å². The van der Waals surface area contributed by atoms with Crippen molar-refractivity contribution in [2.24, 2.45) is 5.92 Å². The van der Waals surface area contributed by atoms with Crippen molar-refractivity contribution >= 4 is 46.4 Å². The van der Waals surface area contributed by atoms with Crippen LogP contribution in [0.4, 0.5) is 10.2 Å². The van der Waals surface area contributed by atoms with Crippen LogP contribution in [0, 0.1) is 17.2 Å². The van der Waals surface area contributed by atoms with Crippen LogP contribution in [-0.2, 0) is 35.4 Å². The van der Waals surface area contributed by atoms with Gasteiger partial charge in [-0.15, -0.1) is 0 Å². The Bertz CT molecular complexity index is 1590. The molecule has 0 saturated carbocycles. The lowest BCUT2D eigenvalue weighted by Gasteiger charge is -2.29. The number of halogens is 2. The molecule has 0 spiro atoms. The monoisotopic (exact) mass is 665 g/mol. The standard InChI is InChI=1S/C27H30BrFN5O7P/c1-16(18(3)36)13-42(38,41-21-7-5-4-6-19(21)9-8-17(2)35)39-12-22-24(37)27(28,29)26(14-30,40-22)23-11-10-20-25(31)32-15-33-34(20)23/h4-7,10-11,15-16,22,24,37H,8-9,12-13H2,1-3H3,(H2,31,32,33)/t16-,22-,24+,26+,27?,42?/m1/s1. The van der Waals surface area contributed by atoms with E-state index in [2.05, 4.69) is 26.0 Å². The van der Waals surface area contributed by atoms with E-state index in [4.69, 9.17) is 19.5 Å². The molecule has 2 unspecified atom stereocenters. The number of nitrogen functional groups attached to an aromatic ring is 1. The Morgan fingerprint density at radius 2 is 2.05 bits per heavy atom. The lowest BCUT2D eigenvalue weighted by Crippen LogP contribution is -2.46. The van der Waals surface area contributed by atoms with Crippen LogP contribution >= 0.6 is 23.5 Å². The number of hydrogen-bond donors (Lipinski definition) is 2. The van der Waals surface area contributed by atoms with Gasteiger partial charge in [0.05, 0.1) is 18.5 Å². The summed E-state index contributed by atoms with van der Waals surface area (Å²) in [6, 6.07) is 11.3. The van der Waals surface area contributed by atoms with E-state index in [1.54, 1.807) is 37.3 Å². The van der Waals surface area contributed by atoms with E-state index in [1.807, 2.05) is 0 Å². The van der Waals surface area contributed by atoms with Gasteiger partial charge in [-0.05, 0) is 60.0 Å². The smallest absolute Gasteiger partial charge is 0.380 e. The number of carbonyl (C=O) groups is 2. The predicted molar refractivity (Wildman–Crippen MR) is 153 cm³/mol. The highest BCUT2D eigenvalue weighted by molar-refractivity contribution is 9.10. The molecule has 1 aliphatic rings. The third-order valence-corrected chi connectivity index (χ3v) is 10.1. The van der Waals surface area contributed by atoms with Gasteiger partial charge in [-0.2, -0.15) is 10.4 Å². The van der Waals surface area contributed by atoms with Gasteiger partial charge in [-0.3, -0.25) is 9.32 Å². The lowest BCUT2D eigenvalue weighted by molar-refractivity contribution is -0.120. The molecule has 1 aliphatic heterocycles. The van der Waals surface area contributed by atoms with Crippen LogP contribution in [0.2, 0.25) is 0 Å². The summed E-state index contributed by atoms with van der Waals surface area (Å²) in [5.41, 5.74) is 4.23. The second kappa shape index (κ2) is 12.2. The number of hydrogen-bond acceptors (Lipinski definition) is 11. The normalized spacial score (nSPS) is 25.9. The summed E-state index contributed by atoms with van der Waals surface area (Å²) in [6.07, 6.45) is -2.17. The summed E-state index contributed by atoms with van der Waals surface area (Å²) in [4.78, 5) is 27.5. The first kappa shape index (κ1) is 31.7. The zero-order valence-corrected chi connectivity index (χ0v) is 25.5. The number of Topliss-reactive ketones (excluding diaryl/α,β-unsaturated/α-hetero) is 2. The molecule has 6 atom stereocenters. The van der Waals surface area contributed by atoms with Crippen molar-refractivity contribution in [3.8, 4) is 11.8 Å². The number of benzene rings is 1. The number of fused-ring (bicyclic) bond motifs is 1. The van der Waals surface area contributed by atoms with Gasteiger partial charge >= 0.3 is 7.60 Å². The van der Waals surface area contributed by atoms with Gasteiger partial charge in [-0.1, -0.05) is 25.1 Å². The maximum absolute atomic E-state index is 16.3. The molecule has 224 valence electrons. The molecule has 42 heavy (non-hydrogen) atoms. The zero-order chi connectivity index (χ0) is 30.9. The molecule has 3 aromatic rings. The maximum atomic E-state index is 16.3. The molecule has 0 aliphatic carbocycles. The van der Waals surface area contributed by atoms with Crippen LogP contribution in [0.15, 0.2) is 42.7 Å². The number of anilines is 1. The van der Waals surface area contributed by atoms with Crippen LogP contribution < -0.4 is 10.3 Å². The molecule has 0 bridgehead atoms. The minimum absolute atomic E-state index is 0.0443. The minimum atomic E-state index is -4.16. The molecule has 1 aromatic carbocycles. The number of aromatic nitrogens is 3. The van der Waals surface area contributed by atoms with Crippen molar-refractivity contribution in [1.82, 2.24) is 14.6 Å². The number of rotatable bonds is 12. The van der Waals surface area contributed by atoms with Crippen LogP contribution in [-0.4, -0.2) is 60.8 Å². The number of aliphatic hydroxyl groups is 1. The summed E-state index contributed by atoms with van der Waals surface area (Å²) >= 11 is 2.85. The summed E-state index contributed by atoms with van der Waals surface area (Å²) in [6.45, 7) is 3.68. The van der Waals surface area contributed by atoms with Crippen molar-refractivity contribution in [2.45, 2.75) is 56.0 Å². The van der Waals surface area contributed by atoms with Gasteiger partial charge in [0.15, 0.2) is 5.82 Å². The van der Waals surface area contributed by atoms with Gasteiger partial charge in [-0.25, -0.2) is 18.5 Å². The van der Waals surface area contributed by atoms with Crippen molar-refractivity contribution in [3.05, 3.63) is 54.0 Å². The molecule has 4 rings (SSSR count). The van der Waals surface area contributed by atoms with Gasteiger partial charge in [0.1, 0.15) is 47.4 Å². The van der Waals surface area contributed by atoms with Gasteiger partial charge in [0.2, 0.25) is 10.2 Å². The van der Waals surface area contributed by atoms with E-state index < -0.39 is 42.5 Å². The Labute approximate surface area is 249 Å². The summed E-state index contributed by atoms with van der Waals surface area (Å²) in [5.74, 6) is -0.784. The number of aryl methyl sites for hydroxylation is 1. The van der Waals surface area contributed by atoms with Crippen LogP contribution in [0.5, 0.6) is 5.75 Å². The molecule has 3 N–H and O–H groups in total. The van der Waals surface area contributed by atoms with E-state index in [0.717, 1.165) is 6.33 Å². The number of nitriles is 1. The lowest BCUT2D eigenvalue weighted by atomic mass is 9.93. The molecule has 3 heterocycles. The average Bonchev–Trinajstić information content (AvgIpc) is 3.45. The van der Waals surface area contributed by atoms with Gasteiger partial charge in [0.25, 0.3) is 0 Å². The van der Waals surface area contributed by atoms with E-state index in [1.165, 1.54) is 30.5 Å². The summed E-state index contributed by atoms with van der Waals surface area (Å²) in [5, 5.41) is 25.2. The number of nitrogens with two attached hydrogens (primary N) is 1. The molecule has 12 nitrogen and oxygen atoms in total. The Hall–Kier alpha value is -3.21. The molecular formula is C27H30BrFN5O7P. The topological polar surface area (TPSA) is 179 Å². The quantitative estimate of drug-likeness (QED) is 0.212. The second-order valence-electron chi connectivity index (χ2n) is 10.2. The molecular weight excluding hydrogens is 636 g/mol. The molecule has 1 saturated heterocycles. The van der Waals surface area contributed by atoms with Crippen molar-refractivity contribution in [3.63, 3.8) is 0 Å². The van der Waals surface area contributed by atoms with Gasteiger partial charge in [0, 0.05) is 12.3 Å². The Morgan fingerprint density at radius 3 is 2.71 bits per heavy atom. The van der Waals surface area contributed by atoms with Crippen molar-refractivity contribution < 1.29 is 37.4 Å². The predicted octanol–water partition coefficient (Wildman–Crippen LogP) is 3.89. The minimum Gasteiger partial charge on any atom is -0.424 e. The fourth-order valence-electron chi connectivity index (χ4n) is 4.57. The van der Waals surface area contributed by atoms with Crippen LogP contribution in [0.1, 0.15) is 38.4 Å². The molecule has 0 amide bonds. The molecule has 0 radical (unpaired) electrons. The van der Waals surface area contributed by atoms with Crippen molar-refractivity contribution in [2.75, 3.05) is 18.5 Å². The number of para-hydroxylation sites is 1. The highest BCUT2D eigenvalue weighted by Gasteiger charge is 2.69. The number of alkyl halides is 2. The largest absolute Gasteiger partial charge is 0.424 e. The summed E-state index contributed by atoms with van der Waals surface area (Å²) in [7, 11) is -4.16. The highest BCUT2D eigenvalue weighted by Crippen LogP contribution is 2.56. The Morgan fingerprint density at radius 1 is 1.33 bits per heavy atom. The fourth-order valence-corrected chi connectivity index (χ4v) is 7.27. The molecule has 1 fully saturated rings. The molecule has 2 aromatic heterocycles. The van der Waals surface area contributed by atoms with Crippen LogP contribution in [0.25, 0.3) is 5.52 Å². The van der Waals surface area contributed by atoms with Gasteiger partial charge < -0.3 is 24.9 Å². The number of aliphatic hydroxyl groups excluding tert-OH is 1. The number of nitrogens with zero attached hydrogens (tertiary/aromatic N) is 4. The number of ether oxygens (including phenoxy) is 1. The SMILES string of the molecule is CC(=O)CCc1ccccc1OP(=O)(C[C@@H](C)C(C)=O)OC[C@H]1O[C@@](C#N)(c2ccc3c(N)ncnn23)C(F)(Br)[C@H]1O. The third-order valence-electron chi connectivity index (χ3n) is 7.10. The second-order valence-corrected chi connectivity index (χ2v) is 13.4. The first-order chi connectivity index (χ1) is 19.7. The Balaban J connectivity index is 1.64. The first-order valence-electron chi connectivity index (χ1n) is 13.0. The maximum Gasteiger partial charge on any atom is 0.380 e. The fraction of sp³-hybridized carbons (Fsp3) is 0.444. The van der Waals surface area contributed by atoms with Crippen molar-refractivity contribution in [1.29, 1.82) is 5.26 Å². The van der Waals surface area contributed by atoms with E-state index >= 15 is 4.39 Å². The van der Waals surface area contributed by atoms with E-state index in [9.17, 15) is 24.5 Å². The first-order valence-corrected chi connectivity index (χ1v) is 15.5.